The van der Waals surface area contributed by atoms with Crippen LogP contribution in [0, 0.1) is 0 Å². The van der Waals surface area contributed by atoms with Crippen LogP contribution in [0.2, 0.25) is 5.02 Å². The molecule has 162 valence electrons. The van der Waals surface area contributed by atoms with Crippen LogP contribution in [0.1, 0.15) is 10.4 Å². The number of carbonyl (C=O) groups excluding carboxylic acids is 1. The van der Waals surface area contributed by atoms with E-state index in [0.29, 0.717) is 21.8 Å². The third-order valence-corrected chi connectivity index (χ3v) is 4.64. The van der Waals surface area contributed by atoms with E-state index >= 15 is 0 Å². The van der Waals surface area contributed by atoms with Crippen LogP contribution in [-0.2, 0) is 0 Å². The lowest BCUT2D eigenvalue weighted by Gasteiger charge is -2.12. The van der Waals surface area contributed by atoms with E-state index in [-0.39, 0.29) is 11.5 Å². The van der Waals surface area contributed by atoms with Gasteiger partial charge in [-0.25, -0.2) is 9.97 Å². The number of nitrogens with zero attached hydrogens (tertiary/aromatic N) is 2. The molecule has 1 heterocycles. The van der Waals surface area contributed by atoms with E-state index in [1.807, 2.05) is 12.1 Å². The summed E-state index contributed by atoms with van der Waals surface area (Å²) in [7, 11) is 0. The van der Waals surface area contributed by atoms with Crippen molar-refractivity contribution in [1.29, 1.82) is 0 Å². The van der Waals surface area contributed by atoms with E-state index in [0.717, 1.165) is 23.1 Å². The Kier molecular flexibility index (Phi) is 5.58. The van der Waals surface area contributed by atoms with Crippen LogP contribution in [0.25, 0.3) is 22.0 Å². The molecule has 10 heteroatoms. The molecule has 0 aliphatic heterocycles. The fraction of sp³-hybridized carbons (Fsp3) is 0.0455. The summed E-state index contributed by atoms with van der Waals surface area (Å²) in [5, 5.41) is 3.77. The Morgan fingerprint density at radius 2 is 1.84 bits per heavy atom. The number of aromatic nitrogens is 2. The summed E-state index contributed by atoms with van der Waals surface area (Å²) in [4.78, 5) is 20.7. The number of hydrogen-bond acceptors (Lipinski definition) is 5. The number of alkyl halides is 3. The van der Waals surface area contributed by atoms with Crippen LogP contribution in [0.4, 0.5) is 24.8 Å². The maximum Gasteiger partial charge on any atom is 0.573 e. The van der Waals surface area contributed by atoms with E-state index < -0.39 is 18.0 Å². The van der Waals surface area contributed by atoms with E-state index in [1.54, 1.807) is 24.4 Å². The normalized spacial score (nSPS) is 11.4. The first-order chi connectivity index (χ1) is 15.2. The van der Waals surface area contributed by atoms with Crippen molar-refractivity contribution in [2.45, 2.75) is 6.36 Å². The minimum atomic E-state index is -4.85. The van der Waals surface area contributed by atoms with Gasteiger partial charge in [0.25, 0.3) is 5.91 Å². The number of carbonyl (C=O) groups is 1. The highest BCUT2D eigenvalue weighted by molar-refractivity contribution is 6.31. The number of amides is 1. The van der Waals surface area contributed by atoms with Gasteiger partial charge in [0.15, 0.2) is 0 Å². The first kappa shape index (κ1) is 21.4. The summed E-state index contributed by atoms with van der Waals surface area (Å²) >= 11 is 6.23. The van der Waals surface area contributed by atoms with Crippen molar-refractivity contribution in [3.05, 3.63) is 77.4 Å². The van der Waals surface area contributed by atoms with Gasteiger partial charge in [0.1, 0.15) is 5.75 Å². The van der Waals surface area contributed by atoms with Gasteiger partial charge in [-0.05, 0) is 59.7 Å². The third-order valence-electron chi connectivity index (χ3n) is 4.42. The van der Waals surface area contributed by atoms with E-state index in [9.17, 15) is 18.0 Å². The molecule has 0 bridgehead atoms. The molecule has 0 radical (unpaired) electrons. The number of nitrogens with one attached hydrogen (secondary N) is 1. The number of nitrogens with two attached hydrogens (primary N) is 1. The summed E-state index contributed by atoms with van der Waals surface area (Å²) in [6.07, 6.45) is -3.25. The summed E-state index contributed by atoms with van der Waals surface area (Å²) in [5.74, 6) is -0.938. The Morgan fingerprint density at radius 3 is 2.62 bits per heavy atom. The Hall–Kier alpha value is -3.85. The molecule has 4 rings (SSSR count). The summed E-state index contributed by atoms with van der Waals surface area (Å²) in [6, 6.07) is 15.2. The minimum absolute atomic E-state index is 0.00582. The number of anilines is 2. The monoisotopic (exact) mass is 458 g/mol. The number of fused-ring (bicyclic) bond motifs is 1. The molecular weight excluding hydrogens is 445 g/mol. The molecule has 0 atom stereocenters. The fourth-order valence-electron chi connectivity index (χ4n) is 3.09. The third kappa shape index (κ3) is 5.06. The highest BCUT2D eigenvalue weighted by Crippen LogP contribution is 2.30. The van der Waals surface area contributed by atoms with Gasteiger partial charge < -0.3 is 15.8 Å². The van der Waals surface area contributed by atoms with Gasteiger partial charge in [0.05, 0.1) is 5.52 Å². The predicted octanol–water partition coefficient (Wildman–Crippen LogP) is 5.68. The first-order valence-electron chi connectivity index (χ1n) is 9.17. The lowest BCUT2D eigenvalue weighted by atomic mass is 10.0. The fourth-order valence-corrected chi connectivity index (χ4v) is 3.33. The standard InChI is InChI=1S/C22H14ClF3N4O2/c23-16-7-14(12-4-5-19-15(6-12)11-28-21(27)30-19)8-17(10-16)29-20(31)13-2-1-3-18(9-13)32-22(24,25)26/h1-11H,(H,29,31)(H2,27,28,30). The molecule has 32 heavy (non-hydrogen) atoms. The first-order valence-corrected chi connectivity index (χ1v) is 9.54. The maximum atomic E-state index is 12.6. The number of hydrogen-bond donors (Lipinski definition) is 2. The highest BCUT2D eigenvalue weighted by Gasteiger charge is 2.31. The van der Waals surface area contributed by atoms with Crippen LogP contribution < -0.4 is 15.8 Å². The smallest absolute Gasteiger partial charge is 0.406 e. The molecule has 0 aliphatic rings. The second kappa shape index (κ2) is 8.35. The van der Waals surface area contributed by atoms with Crippen molar-refractivity contribution in [2.24, 2.45) is 0 Å². The number of nitrogen functional groups attached to an aromatic ring is 1. The molecular formula is C22H14ClF3N4O2. The van der Waals surface area contributed by atoms with Crippen molar-refractivity contribution < 1.29 is 22.7 Å². The molecule has 0 saturated heterocycles. The predicted molar refractivity (Wildman–Crippen MR) is 115 cm³/mol. The van der Waals surface area contributed by atoms with Crippen molar-refractivity contribution in [2.75, 3.05) is 11.1 Å². The lowest BCUT2D eigenvalue weighted by molar-refractivity contribution is -0.274. The zero-order valence-electron chi connectivity index (χ0n) is 16.2. The number of benzene rings is 3. The van der Waals surface area contributed by atoms with Crippen LogP contribution in [-0.4, -0.2) is 22.2 Å². The highest BCUT2D eigenvalue weighted by atomic mass is 35.5. The Balaban J connectivity index is 1.60. The van der Waals surface area contributed by atoms with Crippen molar-refractivity contribution in [3.63, 3.8) is 0 Å². The van der Waals surface area contributed by atoms with Crippen LogP contribution in [0.5, 0.6) is 5.75 Å². The summed E-state index contributed by atoms with van der Waals surface area (Å²) in [5.41, 5.74) is 8.15. The Bertz CT molecular complexity index is 1330. The lowest BCUT2D eigenvalue weighted by Crippen LogP contribution is -2.18. The largest absolute Gasteiger partial charge is 0.573 e. The number of ether oxygens (including phenoxy) is 1. The SMILES string of the molecule is Nc1ncc2cc(-c3cc(Cl)cc(NC(=O)c4cccc(OC(F)(F)F)c4)c3)ccc2n1. The molecule has 3 N–H and O–H groups in total. The number of rotatable bonds is 4. The molecule has 3 aromatic carbocycles. The van der Waals surface area contributed by atoms with E-state index in [4.69, 9.17) is 17.3 Å². The molecule has 0 unspecified atom stereocenters. The zero-order valence-corrected chi connectivity index (χ0v) is 16.9. The number of halogens is 4. The van der Waals surface area contributed by atoms with Crippen molar-refractivity contribution in [1.82, 2.24) is 9.97 Å². The molecule has 0 spiro atoms. The van der Waals surface area contributed by atoms with Crippen LogP contribution in [0.15, 0.2) is 66.9 Å². The average molecular weight is 459 g/mol. The van der Waals surface area contributed by atoms with Gasteiger partial charge >= 0.3 is 6.36 Å². The topological polar surface area (TPSA) is 90.1 Å². The van der Waals surface area contributed by atoms with Crippen molar-refractivity contribution in [3.8, 4) is 16.9 Å². The van der Waals surface area contributed by atoms with E-state index in [2.05, 4.69) is 20.0 Å². The van der Waals surface area contributed by atoms with Gasteiger partial charge in [0.2, 0.25) is 5.95 Å². The maximum absolute atomic E-state index is 12.6. The van der Waals surface area contributed by atoms with Crippen LogP contribution >= 0.6 is 11.6 Å². The van der Waals surface area contributed by atoms with Gasteiger partial charge in [-0.2, -0.15) is 0 Å². The Morgan fingerprint density at radius 1 is 1.03 bits per heavy atom. The zero-order chi connectivity index (χ0) is 22.9. The van der Waals surface area contributed by atoms with E-state index in [1.165, 1.54) is 18.2 Å². The second-order valence-corrected chi connectivity index (χ2v) is 7.20. The quantitative estimate of drug-likeness (QED) is 0.410. The summed E-state index contributed by atoms with van der Waals surface area (Å²) in [6.45, 7) is 0. The van der Waals surface area contributed by atoms with Gasteiger partial charge in [0, 0.05) is 27.9 Å². The molecule has 4 aromatic rings. The molecule has 0 saturated carbocycles. The van der Waals surface area contributed by atoms with Gasteiger partial charge in [-0.3, -0.25) is 4.79 Å². The minimum Gasteiger partial charge on any atom is -0.406 e. The van der Waals surface area contributed by atoms with Crippen molar-refractivity contribution >= 4 is 40.0 Å². The average Bonchev–Trinajstić information content (AvgIpc) is 2.72. The summed E-state index contributed by atoms with van der Waals surface area (Å²) < 4.78 is 41.2. The molecule has 1 amide bonds. The Labute approximate surface area is 184 Å². The van der Waals surface area contributed by atoms with Gasteiger partial charge in [-0.1, -0.05) is 23.7 Å². The van der Waals surface area contributed by atoms with Gasteiger partial charge in [-0.15, -0.1) is 13.2 Å². The van der Waals surface area contributed by atoms with Crippen LogP contribution in [0.3, 0.4) is 0 Å². The molecule has 6 nitrogen and oxygen atoms in total. The molecule has 0 fully saturated rings. The molecule has 1 aromatic heterocycles. The second-order valence-electron chi connectivity index (χ2n) is 6.76. The molecule has 0 aliphatic carbocycles.